The quantitative estimate of drug-likeness (QED) is 0.364. The largest absolute Gasteiger partial charge is 0.355 e. The first kappa shape index (κ1) is 16.6. The van der Waals surface area contributed by atoms with Crippen LogP contribution in [-0.4, -0.2) is 5.71 Å². The van der Waals surface area contributed by atoms with E-state index in [2.05, 4.69) is 45.5 Å². The van der Waals surface area contributed by atoms with Crippen LogP contribution in [0, 0.1) is 5.41 Å². The minimum absolute atomic E-state index is 0.496. The van der Waals surface area contributed by atoms with E-state index in [-0.39, 0.29) is 0 Å². The minimum Gasteiger partial charge on any atom is -0.355 e. The molecule has 0 saturated heterocycles. The van der Waals surface area contributed by atoms with Gasteiger partial charge in [-0.15, -0.1) is 0 Å². The Morgan fingerprint density at radius 2 is 1.42 bits per heavy atom. The topological polar surface area (TPSA) is 35.9 Å². The summed E-state index contributed by atoms with van der Waals surface area (Å²) in [5, 5.41) is 14.5. The molecule has 0 saturated carbocycles. The highest BCUT2D eigenvalue weighted by molar-refractivity contribution is 9.10. The van der Waals surface area contributed by atoms with Crippen LogP contribution in [0.15, 0.2) is 95.5 Å². The van der Waals surface area contributed by atoms with Crippen LogP contribution in [-0.2, 0) is 0 Å². The predicted octanol–water partition coefficient (Wildman–Crippen LogP) is 6.76. The summed E-state index contributed by atoms with van der Waals surface area (Å²) >= 11 is 3.50. The van der Waals surface area contributed by atoms with Gasteiger partial charge in [-0.1, -0.05) is 70.5 Å². The number of anilines is 2. The molecule has 0 heterocycles. The van der Waals surface area contributed by atoms with Crippen molar-refractivity contribution in [3.63, 3.8) is 0 Å². The molecule has 4 aromatic rings. The van der Waals surface area contributed by atoms with Gasteiger partial charge in [-0.05, 0) is 47.2 Å². The summed E-state index contributed by atoms with van der Waals surface area (Å²) in [4.78, 5) is 0. The van der Waals surface area contributed by atoms with E-state index >= 15 is 0 Å². The van der Waals surface area contributed by atoms with Crippen molar-refractivity contribution >= 4 is 43.8 Å². The Balaban J connectivity index is 1.85. The number of hydrogen-bond acceptors (Lipinski definition) is 2. The normalized spacial score (nSPS) is 10.7. The number of para-hydroxylation sites is 1. The Hall–Kier alpha value is -2.91. The monoisotopic (exact) mass is 400 g/mol. The van der Waals surface area contributed by atoms with Crippen LogP contribution >= 0.6 is 15.9 Å². The fourth-order valence-electron chi connectivity index (χ4n) is 3.03. The van der Waals surface area contributed by atoms with Crippen molar-refractivity contribution in [1.29, 1.82) is 5.41 Å². The van der Waals surface area contributed by atoms with Gasteiger partial charge in [-0.3, -0.25) is 5.41 Å². The molecule has 0 amide bonds. The smallest absolute Gasteiger partial charge is 0.0706 e. The number of hydrogen-bond donors (Lipinski definition) is 2. The van der Waals surface area contributed by atoms with Gasteiger partial charge < -0.3 is 5.32 Å². The van der Waals surface area contributed by atoms with Crippen LogP contribution in [0.5, 0.6) is 0 Å². The van der Waals surface area contributed by atoms with E-state index in [1.165, 1.54) is 0 Å². The molecule has 0 fully saturated rings. The van der Waals surface area contributed by atoms with Crippen molar-refractivity contribution in [2.45, 2.75) is 0 Å². The van der Waals surface area contributed by atoms with E-state index in [9.17, 15) is 0 Å². The summed E-state index contributed by atoms with van der Waals surface area (Å²) in [5.74, 6) is 0. The zero-order valence-corrected chi connectivity index (χ0v) is 15.6. The van der Waals surface area contributed by atoms with E-state index in [0.717, 1.165) is 37.7 Å². The predicted molar refractivity (Wildman–Crippen MR) is 114 cm³/mol. The lowest BCUT2D eigenvalue weighted by atomic mass is 9.97. The van der Waals surface area contributed by atoms with Gasteiger partial charge in [0.2, 0.25) is 0 Å². The molecular formula is C23H17BrN2. The number of rotatable bonds is 4. The van der Waals surface area contributed by atoms with E-state index in [4.69, 9.17) is 5.41 Å². The lowest BCUT2D eigenvalue weighted by Gasteiger charge is -2.15. The Labute approximate surface area is 161 Å². The standard InChI is InChI=1S/C23H17BrN2/c24-19-10-6-9-18(13-19)23(25)21-14-16-7-4-5-8-17(16)15-22(21)26-20-11-2-1-3-12-20/h1-15,25-26H. The maximum atomic E-state index is 8.79. The second-order valence-electron chi connectivity index (χ2n) is 6.12. The number of fused-ring (bicyclic) bond motifs is 1. The average molecular weight is 401 g/mol. The fourth-order valence-corrected chi connectivity index (χ4v) is 3.43. The molecule has 0 radical (unpaired) electrons. The molecule has 4 aromatic carbocycles. The molecular weight excluding hydrogens is 384 g/mol. The summed E-state index contributed by atoms with van der Waals surface area (Å²) in [6.45, 7) is 0. The third-order valence-electron chi connectivity index (χ3n) is 4.32. The average Bonchev–Trinajstić information content (AvgIpc) is 2.68. The van der Waals surface area contributed by atoms with Crippen LogP contribution < -0.4 is 5.32 Å². The van der Waals surface area contributed by atoms with Crippen molar-refractivity contribution in [3.05, 3.63) is 107 Å². The second-order valence-corrected chi connectivity index (χ2v) is 7.04. The molecule has 0 aliphatic carbocycles. The highest BCUT2D eigenvalue weighted by Crippen LogP contribution is 2.29. The van der Waals surface area contributed by atoms with Crippen LogP contribution in [0.4, 0.5) is 11.4 Å². The molecule has 0 aromatic heterocycles. The number of halogens is 1. The Morgan fingerprint density at radius 3 is 2.15 bits per heavy atom. The third kappa shape index (κ3) is 3.39. The van der Waals surface area contributed by atoms with Crippen LogP contribution in [0.25, 0.3) is 10.8 Å². The Morgan fingerprint density at radius 1 is 0.731 bits per heavy atom. The SMILES string of the molecule is N=C(c1cccc(Br)c1)c1cc2ccccc2cc1Nc1ccccc1. The summed E-state index contributed by atoms with van der Waals surface area (Å²) in [6, 6.07) is 30.4. The zero-order valence-electron chi connectivity index (χ0n) is 14.0. The van der Waals surface area contributed by atoms with E-state index in [1.807, 2.05) is 66.7 Å². The summed E-state index contributed by atoms with van der Waals surface area (Å²) < 4.78 is 0.970. The summed E-state index contributed by atoms with van der Waals surface area (Å²) in [5.41, 5.74) is 4.19. The molecule has 2 nitrogen and oxygen atoms in total. The Kier molecular flexibility index (Phi) is 4.55. The van der Waals surface area contributed by atoms with Crippen LogP contribution in [0.2, 0.25) is 0 Å². The summed E-state index contributed by atoms with van der Waals surface area (Å²) in [6.07, 6.45) is 0. The molecule has 0 unspecified atom stereocenters. The van der Waals surface area contributed by atoms with Gasteiger partial charge in [0.25, 0.3) is 0 Å². The maximum absolute atomic E-state index is 8.79. The molecule has 0 aliphatic rings. The third-order valence-corrected chi connectivity index (χ3v) is 4.81. The second kappa shape index (κ2) is 7.14. The van der Waals surface area contributed by atoms with Crippen molar-refractivity contribution in [2.75, 3.05) is 5.32 Å². The molecule has 0 atom stereocenters. The van der Waals surface area contributed by atoms with Gasteiger partial charge in [0.05, 0.1) is 5.71 Å². The lowest BCUT2D eigenvalue weighted by Crippen LogP contribution is -2.06. The molecule has 126 valence electrons. The first-order valence-corrected chi connectivity index (χ1v) is 9.20. The molecule has 0 bridgehead atoms. The van der Waals surface area contributed by atoms with Gasteiger partial charge >= 0.3 is 0 Å². The molecule has 3 heteroatoms. The number of nitrogens with one attached hydrogen (secondary N) is 2. The van der Waals surface area contributed by atoms with E-state index < -0.39 is 0 Å². The summed E-state index contributed by atoms with van der Waals surface area (Å²) in [7, 11) is 0. The lowest BCUT2D eigenvalue weighted by molar-refractivity contribution is 1.44. The van der Waals surface area contributed by atoms with Gasteiger partial charge in [0.15, 0.2) is 0 Å². The molecule has 4 rings (SSSR count). The number of benzene rings is 4. The fraction of sp³-hybridized carbons (Fsp3) is 0. The van der Waals surface area contributed by atoms with Crippen LogP contribution in [0.1, 0.15) is 11.1 Å². The van der Waals surface area contributed by atoms with Crippen LogP contribution in [0.3, 0.4) is 0 Å². The molecule has 2 N–H and O–H groups in total. The zero-order chi connectivity index (χ0) is 17.9. The highest BCUT2D eigenvalue weighted by atomic mass is 79.9. The molecule has 0 spiro atoms. The van der Waals surface area contributed by atoms with Gasteiger partial charge in [0, 0.05) is 27.0 Å². The first-order valence-electron chi connectivity index (χ1n) is 8.40. The van der Waals surface area contributed by atoms with Crippen molar-refractivity contribution < 1.29 is 0 Å². The van der Waals surface area contributed by atoms with Gasteiger partial charge in [-0.25, -0.2) is 0 Å². The first-order chi connectivity index (χ1) is 12.7. The highest BCUT2D eigenvalue weighted by Gasteiger charge is 2.12. The van der Waals surface area contributed by atoms with Crippen molar-refractivity contribution in [2.24, 2.45) is 0 Å². The maximum Gasteiger partial charge on any atom is 0.0706 e. The van der Waals surface area contributed by atoms with E-state index in [0.29, 0.717) is 5.71 Å². The Bertz CT molecular complexity index is 1090. The molecule has 26 heavy (non-hydrogen) atoms. The molecule has 0 aliphatic heterocycles. The van der Waals surface area contributed by atoms with Crippen molar-refractivity contribution in [1.82, 2.24) is 0 Å². The van der Waals surface area contributed by atoms with Gasteiger partial charge in [0.1, 0.15) is 0 Å². The van der Waals surface area contributed by atoms with E-state index in [1.54, 1.807) is 0 Å². The van der Waals surface area contributed by atoms with Gasteiger partial charge in [-0.2, -0.15) is 0 Å². The minimum atomic E-state index is 0.496. The van der Waals surface area contributed by atoms with Crippen molar-refractivity contribution in [3.8, 4) is 0 Å².